The zero-order valence-corrected chi connectivity index (χ0v) is 21.0. The van der Waals surface area contributed by atoms with E-state index in [0.717, 1.165) is 49.0 Å². The topological polar surface area (TPSA) is 0 Å². The van der Waals surface area contributed by atoms with E-state index in [9.17, 15) is 0 Å². The minimum absolute atomic E-state index is 0.173. The summed E-state index contributed by atoms with van der Waals surface area (Å²) in [5, 5.41) is 0. The monoisotopic (exact) mass is 515 g/mol. The van der Waals surface area contributed by atoms with Gasteiger partial charge in [0.15, 0.2) is 0 Å². The Kier molecular flexibility index (Phi) is 2.87. The first-order valence-electron chi connectivity index (χ1n) is 16.0. The molecule has 4 aromatic carbocycles. The lowest BCUT2D eigenvalue weighted by Gasteiger charge is -2.32. The predicted octanol–water partition coefficient (Wildman–Crippen LogP) is 9.39. The Morgan fingerprint density at radius 1 is 0.588 bits per heavy atom. The maximum Gasteiger partial charge on any atom is 0.0726 e. The van der Waals surface area contributed by atoms with E-state index in [0.29, 0.717) is 5.56 Å². The number of fused-ring (bicyclic) bond motifs is 10. The molecule has 1 unspecified atom stereocenters. The Morgan fingerprint density at radius 2 is 1.09 bits per heavy atom. The highest BCUT2D eigenvalue weighted by Crippen LogP contribution is 2.63. The van der Waals surface area contributed by atoms with E-state index in [1.807, 2.05) is 18.2 Å². The second kappa shape index (κ2) is 6.95. The first kappa shape index (κ1) is 14.0. The minimum Gasteiger partial charge on any atom is -0.0619 e. The number of rotatable bonds is 0. The molecular formula is C33H31Br. The summed E-state index contributed by atoms with van der Waals surface area (Å²) in [6.45, 7) is -3.64. The molecule has 0 radical (unpaired) electrons. The molecule has 1 atom stereocenters. The highest BCUT2D eigenvalue weighted by Gasteiger charge is 2.52. The fraction of sp³-hybridized carbons (Fsp3) is 0.273. The molecule has 34 heavy (non-hydrogen) atoms. The summed E-state index contributed by atoms with van der Waals surface area (Å²) in [5.41, 5.74) is 4.08. The molecular weight excluding hydrogens is 476 g/mol. The Bertz CT molecular complexity index is 1750. The summed E-state index contributed by atoms with van der Waals surface area (Å²) < 4.78 is 76.3. The van der Waals surface area contributed by atoms with Crippen LogP contribution in [-0.4, -0.2) is 0 Å². The van der Waals surface area contributed by atoms with Crippen molar-refractivity contribution in [3.8, 4) is 22.3 Å². The Morgan fingerprint density at radius 3 is 1.68 bits per heavy atom. The van der Waals surface area contributed by atoms with Crippen molar-refractivity contribution in [3.05, 3.63) is 117 Å². The van der Waals surface area contributed by atoms with Crippen molar-refractivity contribution in [1.82, 2.24) is 0 Å². The Balaban J connectivity index is 1.81. The Hall–Kier alpha value is -2.64. The van der Waals surface area contributed by atoms with Crippen molar-refractivity contribution in [3.63, 3.8) is 0 Å². The van der Waals surface area contributed by atoms with Crippen molar-refractivity contribution in [1.29, 1.82) is 0 Å². The van der Waals surface area contributed by atoms with E-state index in [1.165, 1.54) is 6.07 Å². The third kappa shape index (κ3) is 2.83. The number of benzene rings is 4. The molecule has 0 aromatic heterocycles. The van der Waals surface area contributed by atoms with Crippen molar-refractivity contribution in [2.75, 3.05) is 0 Å². The normalized spacial score (nSPS) is 23.0. The van der Waals surface area contributed by atoms with E-state index in [-0.39, 0.29) is 11.0 Å². The molecule has 0 heterocycles. The van der Waals surface area contributed by atoms with Crippen LogP contribution in [0.1, 0.15) is 87.0 Å². The van der Waals surface area contributed by atoms with Gasteiger partial charge in [-0.25, -0.2) is 0 Å². The van der Waals surface area contributed by atoms with Gasteiger partial charge >= 0.3 is 0 Å². The highest BCUT2D eigenvalue weighted by molar-refractivity contribution is 9.10. The lowest BCUT2D eigenvalue weighted by Crippen LogP contribution is -2.27. The number of hydrogen-bond acceptors (Lipinski definition) is 0. The molecule has 1 spiro atoms. The van der Waals surface area contributed by atoms with Gasteiger partial charge in [0.25, 0.3) is 0 Å². The van der Waals surface area contributed by atoms with E-state index < -0.39 is 31.4 Å². The molecule has 6 rings (SSSR count). The van der Waals surface area contributed by atoms with Gasteiger partial charge in [0, 0.05) is 16.8 Å². The molecule has 0 nitrogen and oxygen atoms in total. The predicted molar refractivity (Wildman–Crippen MR) is 148 cm³/mol. The van der Waals surface area contributed by atoms with E-state index in [2.05, 4.69) is 79.2 Å². The molecule has 0 saturated heterocycles. The Labute approximate surface area is 224 Å². The van der Waals surface area contributed by atoms with Crippen LogP contribution >= 0.6 is 15.9 Å². The third-order valence-corrected chi connectivity index (χ3v) is 7.94. The maximum absolute atomic E-state index is 8.38. The van der Waals surface area contributed by atoms with Gasteiger partial charge in [-0.3, -0.25) is 0 Å². The van der Waals surface area contributed by atoms with Crippen LogP contribution in [-0.2, 0) is 16.2 Å². The zero-order valence-electron chi connectivity index (χ0n) is 28.4. The second-order valence-corrected chi connectivity index (χ2v) is 11.4. The van der Waals surface area contributed by atoms with Crippen molar-refractivity contribution in [2.24, 2.45) is 0 Å². The van der Waals surface area contributed by atoms with Gasteiger partial charge in [-0.05, 0) is 78.6 Å². The van der Waals surface area contributed by atoms with Gasteiger partial charge in [0.2, 0.25) is 0 Å². The summed E-state index contributed by atoms with van der Waals surface area (Å²) in [5.74, 6) is 0. The van der Waals surface area contributed by atoms with Crippen LogP contribution in [0.25, 0.3) is 22.3 Å². The largest absolute Gasteiger partial charge is 0.0726 e. The second-order valence-electron chi connectivity index (χ2n) is 10.5. The molecule has 0 amide bonds. The average molecular weight is 517 g/mol. The van der Waals surface area contributed by atoms with Crippen LogP contribution in [0, 0.1) is 0 Å². The fourth-order valence-electron chi connectivity index (χ4n) is 5.86. The zero-order chi connectivity index (χ0) is 31.5. The lowest BCUT2D eigenvalue weighted by atomic mass is 9.69. The number of hydrogen-bond donors (Lipinski definition) is 0. The molecule has 0 saturated carbocycles. The van der Waals surface area contributed by atoms with Gasteiger partial charge < -0.3 is 0 Å². The SMILES string of the molecule is [2H]C([2H])([2H])C(c1ccc2c(c1)C1(c3ccccc3-c3ccc(Br)cc31)c1cc(C(C)(C)C)ccc1-2)(C([2H])([2H])[2H])C([2H])([2H])[2H]. The number of halogens is 1. The minimum atomic E-state index is -3.36. The molecule has 0 N–H and O–H groups in total. The molecule has 4 aromatic rings. The molecule has 0 fully saturated rings. The summed E-state index contributed by atoms with van der Waals surface area (Å²) in [7, 11) is 0. The first-order chi connectivity index (χ1) is 19.8. The summed E-state index contributed by atoms with van der Waals surface area (Å²) in [6, 6.07) is 25.2. The van der Waals surface area contributed by atoms with Crippen LogP contribution in [0.4, 0.5) is 0 Å². The van der Waals surface area contributed by atoms with Crippen molar-refractivity contribution in [2.45, 2.75) is 57.6 Å². The molecule has 2 aliphatic carbocycles. The maximum atomic E-state index is 8.38. The summed E-state index contributed by atoms with van der Waals surface area (Å²) in [4.78, 5) is 0. The average Bonchev–Trinajstić information content (AvgIpc) is 3.32. The van der Waals surface area contributed by atoms with E-state index in [1.54, 1.807) is 12.1 Å². The van der Waals surface area contributed by atoms with Gasteiger partial charge in [-0.2, -0.15) is 0 Å². The first-order valence-corrected chi connectivity index (χ1v) is 12.3. The van der Waals surface area contributed by atoms with Gasteiger partial charge in [0.05, 0.1) is 5.41 Å². The molecule has 2 aliphatic rings. The fourth-order valence-corrected chi connectivity index (χ4v) is 6.22. The molecule has 170 valence electrons. The summed E-state index contributed by atoms with van der Waals surface area (Å²) >= 11 is 3.67. The van der Waals surface area contributed by atoms with E-state index >= 15 is 0 Å². The van der Waals surface area contributed by atoms with Crippen LogP contribution in [0.15, 0.2) is 83.3 Å². The third-order valence-electron chi connectivity index (χ3n) is 7.44. The van der Waals surface area contributed by atoms with Crippen molar-refractivity contribution < 1.29 is 12.3 Å². The molecule has 0 aliphatic heterocycles. The van der Waals surface area contributed by atoms with Crippen LogP contribution in [0.2, 0.25) is 0 Å². The smallest absolute Gasteiger partial charge is 0.0619 e. The highest BCUT2D eigenvalue weighted by atomic mass is 79.9. The standard InChI is InChI=1S/C33H31Br/c1-31(2,3)20-11-14-24-25-15-12-21(32(4,5)6)18-29(25)33(28(24)17-20)27-10-8-7-9-23(27)26-16-13-22(34)19-30(26)33/h7-19H,1-6H3/i1D3,2D3,3D3. The van der Waals surface area contributed by atoms with Crippen LogP contribution in [0.5, 0.6) is 0 Å². The van der Waals surface area contributed by atoms with Gasteiger partial charge in [-0.15, -0.1) is 0 Å². The molecule has 0 bridgehead atoms. The van der Waals surface area contributed by atoms with Gasteiger partial charge in [-0.1, -0.05) is 124 Å². The van der Waals surface area contributed by atoms with Crippen LogP contribution in [0.3, 0.4) is 0 Å². The lowest BCUT2D eigenvalue weighted by molar-refractivity contribution is 0.586. The summed E-state index contributed by atoms with van der Waals surface area (Å²) in [6.07, 6.45) is 0. The van der Waals surface area contributed by atoms with E-state index in [4.69, 9.17) is 12.3 Å². The molecule has 1 heteroatoms. The quantitative estimate of drug-likeness (QED) is 0.189. The van der Waals surface area contributed by atoms with Crippen LogP contribution < -0.4 is 0 Å². The van der Waals surface area contributed by atoms with Gasteiger partial charge in [0.1, 0.15) is 0 Å². The van der Waals surface area contributed by atoms with Crippen molar-refractivity contribution >= 4 is 15.9 Å².